The van der Waals surface area contributed by atoms with Gasteiger partial charge in [0.2, 0.25) is 0 Å². The number of aliphatic carboxylic acids is 1. The largest absolute Gasteiger partial charge is 0.550 e. The van der Waals surface area contributed by atoms with Gasteiger partial charge >= 0.3 is 0 Å². The molecule has 0 fully saturated rings. The number of hydrogen-bond donors (Lipinski definition) is 0. The molecular weight excluding hydrogens is 250 g/mol. The highest BCUT2D eigenvalue weighted by Gasteiger charge is 2.06. The van der Waals surface area contributed by atoms with E-state index < -0.39 is 5.97 Å². The van der Waals surface area contributed by atoms with Crippen LogP contribution in [0.15, 0.2) is 18.3 Å². The van der Waals surface area contributed by atoms with E-state index in [1.54, 1.807) is 0 Å². The van der Waals surface area contributed by atoms with Gasteiger partial charge in [-0.1, -0.05) is 32.6 Å². The van der Waals surface area contributed by atoms with Gasteiger partial charge in [0.05, 0.1) is 0 Å². The second-order valence-electron chi connectivity index (χ2n) is 5.23. The Balaban J connectivity index is 0.000000796. The number of pyridine rings is 1. The molecule has 3 nitrogen and oxygen atoms in total. The van der Waals surface area contributed by atoms with Crippen molar-refractivity contribution in [2.75, 3.05) is 0 Å². The van der Waals surface area contributed by atoms with Gasteiger partial charge in [-0.15, -0.1) is 0 Å². The summed E-state index contributed by atoms with van der Waals surface area (Å²) in [6.45, 7) is 8.82. The van der Waals surface area contributed by atoms with Gasteiger partial charge in [-0.2, -0.15) is 0 Å². The van der Waals surface area contributed by atoms with E-state index in [4.69, 9.17) is 9.90 Å². The minimum Gasteiger partial charge on any atom is -0.550 e. The molecule has 0 saturated heterocycles. The zero-order valence-electron chi connectivity index (χ0n) is 13.4. The maximum absolute atomic E-state index is 8.89. The average molecular weight is 279 g/mol. The summed E-state index contributed by atoms with van der Waals surface area (Å²) in [6.07, 6.45) is 10.4. The van der Waals surface area contributed by atoms with Crippen LogP contribution in [0.5, 0.6) is 0 Å². The molecule has 0 atom stereocenters. The highest BCUT2D eigenvalue weighted by Crippen LogP contribution is 2.05. The Morgan fingerprint density at radius 2 is 1.70 bits per heavy atom. The van der Waals surface area contributed by atoms with Crippen LogP contribution in [0.4, 0.5) is 0 Å². The van der Waals surface area contributed by atoms with E-state index >= 15 is 0 Å². The molecule has 1 aromatic heterocycles. The van der Waals surface area contributed by atoms with Crippen molar-refractivity contribution in [3.63, 3.8) is 0 Å². The van der Waals surface area contributed by atoms with Gasteiger partial charge in [-0.05, 0) is 26.3 Å². The maximum atomic E-state index is 8.89. The molecule has 3 heteroatoms. The van der Waals surface area contributed by atoms with Crippen LogP contribution in [-0.4, -0.2) is 5.97 Å². The van der Waals surface area contributed by atoms with E-state index in [9.17, 15) is 0 Å². The Kier molecular flexibility index (Phi) is 10.7. The molecule has 0 spiro atoms. The van der Waals surface area contributed by atoms with E-state index in [-0.39, 0.29) is 0 Å². The van der Waals surface area contributed by atoms with Gasteiger partial charge in [-0.3, -0.25) is 0 Å². The number of nitrogens with zero attached hydrogens (tertiary/aromatic N) is 1. The van der Waals surface area contributed by atoms with Crippen LogP contribution in [0.1, 0.15) is 63.6 Å². The summed E-state index contributed by atoms with van der Waals surface area (Å²) in [4.78, 5) is 8.89. The molecule has 20 heavy (non-hydrogen) atoms. The molecule has 0 amide bonds. The first kappa shape index (κ1) is 18.6. The van der Waals surface area contributed by atoms with Gasteiger partial charge in [0.15, 0.2) is 11.9 Å². The van der Waals surface area contributed by atoms with Crippen molar-refractivity contribution in [2.45, 2.75) is 72.8 Å². The number of aryl methyl sites for hydroxylation is 2. The average Bonchev–Trinajstić information content (AvgIpc) is 2.38. The molecule has 0 N–H and O–H groups in total. The van der Waals surface area contributed by atoms with E-state index in [0.717, 1.165) is 6.92 Å². The molecule has 0 unspecified atom stereocenters. The summed E-state index contributed by atoms with van der Waals surface area (Å²) >= 11 is 0. The van der Waals surface area contributed by atoms with Crippen LogP contribution in [0.2, 0.25) is 0 Å². The van der Waals surface area contributed by atoms with Crippen LogP contribution in [0, 0.1) is 13.8 Å². The quantitative estimate of drug-likeness (QED) is 0.569. The third-order valence-corrected chi connectivity index (χ3v) is 3.37. The molecule has 0 saturated carbocycles. The van der Waals surface area contributed by atoms with Crippen LogP contribution < -0.4 is 9.67 Å². The lowest BCUT2D eigenvalue weighted by Crippen LogP contribution is -2.37. The molecule has 0 bridgehead atoms. The van der Waals surface area contributed by atoms with Crippen LogP contribution in [-0.2, 0) is 11.3 Å². The Labute approximate surface area is 123 Å². The van der Waals surface area contributed by atoms with Gasteiger partial charge < -0.3 is 9.90 Å². The zero-order valence-corrected chi connectivity index (χ0v) is 13.4. The van der Waals surface area contributed by atoms with Crippen molar-refractivity contribution < 1.29 is 14.5 Å². The van der Waals surface area contributed by atoms with Gasteiger partial charge in [-0.25, -0.2) is 4.57 Å². The van der Waals surface area contributed by atoms with Gasteiger partial charge in [0, 0.05) is 30.9 Å². The fourth-order valence-corrected chi connectivity index (χ4v) is 2.05. The predicted octanol–water partition coefficient (Wildman–Crippen LogP) is 2.71. The third-order valence-electron chi connectivity index (χ3n) is 3.37. The normalized spacial score (nSPS) is 9.80. The van der Waals surface area contributed by atoms with Crippen molar-refractivity contribution in [2.24, 2.45) is 0 Å². The Morgan fingerprint density at radius 1 is 1.15 bits per heavy atom. The predicted molar refractivity (Wildman–Crippen MR) is 80.2 cm³/mol. The number of unbranched alkanes of at least 4 members (excludes halogenated alkanes) is 5. The van der Waals surface area contributed by atoms with Gasteiger partial charge in [0.1, 0.15) is 6.54 Å². The smallest absolute Gasteiger partial charge is 0.181 e. The van der Waals surface area contributed by atoms with Crippen molar-refractivity contribution in [3.05, 3.63) is 29.6 Å². The van der Waals surface area contributed by atoms with Crippen LogP contribution in [0.25, 0.3) is 0 Å². The van der Waals surface area contributed by atoms with E-state index in [1.807, 2.05) is 0 Å². The zero-order chi connectivity index (χ0) is 15.4. The van der Waals surface area contributed by atoms with Crippen molar-refractivity contribution in [1.82, 2.24) is 0 Å². The molecular formula is C17H29NO2. The lowest BCUT2D eigenvalue weighted by molar-refractivity contribution is -0.703. The summed E-state index contributed by atoms with van der Waals surface area (Å²) in [5, 5.41) is 8.89. The van der Waals surface area contributed by atoms with Crippen LogP contribution in [0.3, 0.4) is 0 Å². The van der Waals surface area contributed by atoms with Crippen molar-refractivity contribution in [1.29, 1.82) is 0 Å². The molecule has 1 rings (SSSR count). The summed E-state index contributed by atoms with van der Waals surface area (Å²) in [5.41, 5.74) is 2.81. The van der Waals surface area contributed by atoms with E-state index in [0.29, 0.717) is 0 Å². The fourth-order valence-electron chi connectivity index (χ4n) is 2.05. The maximum Gasteiger partial charge on any atom is 0.181 e. The van der Waals surface area contributed by atoms with Crippen molar-refractivity contribution in [3.8, 4) is 0 Å². The Hall–Kier alpha value is -1.38. The Morgan fingerprint density at radius 3 is 2.30 bits per heavy atom. The highest BCUT2D eigenvalue weighted by atomic mass is 16.4. The number of carboxylic acid groups (broad SMARTS) is 1. The molecule has 1 aromatic rings. The lowest BCUT2D eigenvalue weighted by Gasteiger charge is -2.03. The second-order valence-corrected chi connectivity index (χ2v) is 5.23. The monoisotopic (exact) mass is 279 g/mol. The minimum atomic E-state index is -1.08. The first-order valence-corrected chi connectivity index (χ1v) is 7.62. The first-order chi connectivity index (χ1) is 9.49. The minimum absolute atomic E-state index is 0.972. The van der Waals surface area contributed by atoms with Crippen LogP contribution >= 0.6 is 0 Å². The standard InChI is InChI=1S/C15H26N.C2H4O2/c1-4-5-6-7-8-9-12-16-13-10-11-14(2)15(16)3;1-2(3)4/h10-11,13H,4-9,12H2,1-3H3;1H3,(H,3,4)/q+1;/p-1. The van der Waals surface area contributed by atoms with E-state index in [2.05, 4.69) is 43.7 Å². The molecule has 0 radical (unpaired) electrons. The van der Waals surface area contributed by atoms with Gasteiger partial charge in [0.25, 0.3) is 0 Å². The van der Waals surface area contributed by atoms with E-state index in [1.165, 1.54) is 56.3 Å². The number of carboxylic acids is 1. The summed E-state index contributed by atoms with van der Waals surface area (Å²) in [6, 6.07) is 4.34. The molecule has 0 aliphatic heterocycles. The lowest BCUT2D eigenvalue weighted by atomic mass is 10.1. The summed E-state index contributed by atoms with van der Waals surface area (Å²) in [7, 11) is 0. The third kappa shape index (κ3) is 9.54. The SMILES string of the molecule is CC(=O)[O-].CCCCCCCC[n+]1cccc(C)c1C. The first-order valence-electron chi connectivity index (χ1n) is 7.62. The summed E-state index contributed by atoms with van der Waals surface area (Å²) < 4.78 is 2.38. The number of hydrogen-bond acceptors (Lipinski definition) is 2. The topological polar surface area (TPSA) is 44.0 Å². The second kappa shape index (κ2) is 11.4. The Bertz CT molecular complexity index is 385. The number of carbonyl (C=O) groups excluding carboxylic acids is 1. The molecule has 0 aliphatic rings. The number of carbonyl (C=O) groups is 1. The molecule has 1 heterocycles. The number of rotatable bonds is 7. The number of aromatic nitrogens is 1. The molecule has 0 aliphatic carbocycles. The van der Waals surface area contributed by atoms with Crippen molar-refractivity contribution >= 4 is 5.97 Å². The highest BCUT2D eigenvalue weighted by molar-refractivity contribution is 5.60. The fraction of sp³-hybridized carbons (Fsp3) is 0.647. The molecule has 114 valence electrons. The molecule has 0 aromatic carbocycles. The summed E-state index contributed by atoms with van der Waals surface area (Å²) in [5.74, 6) is -1.08.